The van der Waals surface area contributed by atoms with E-state index in [1.165, 1.54) is 11.7 Å². The maximum absolute atomic E-state index is 12.1. The van der Waals surface area contributed by atoms with Crippen molar-refractivity contribution in [2.45, 2.75) is 56.8 Å². The number of rotatable bonds is 4. The molecule has 7 heteroatoms. The van der Waals surface area contributed by atoms with Gasteiger partial charge in [-0.2, -0.15) is 0 Å². The van der Waals surface area contributed by atoms with Crippen LogP contribution in [0.2, 0.25) is 0 Å². The Bertz CT molecular complexity index is 652. The Balaban J connectivity index is 2.38. The highest BCUT2D eigenvalue weighted by Gasteiger charge is 2.47. The van der Waals surface area contributed by atoms with Crippen LogP contribution in [-0.4, -0.2) is 45.2 Å². The Hall–Kier alpha value is -1.44. The van der Waals surface area contributed by atoms with Crippen LogP contribution in [0, 0.1) is 0 Å². The quantitative estimate of drug-likeness (QED) is 0.710. The van der Waals surface area contributed by atoms with Gasteiger partial charge in [-0.05, 0) is 32.6 Å². The fourth-order valence-electron chi connectivity index (χ4n) is 3.16. The summed E-state index contributed by atoms with van der Waals surface area (Å²) in [5.74, 6) is 0. The minimum absolute atomic E-state index is 0.0466. The summed E-state index contributed by atoms with van der Waals surface area (Å²) in [7, 11) is 1.47. The van der Waals surface area contributed by atoms with Gasteiger partial charge in [-0.25, -0.2) is 4.79 Å². The minimum Gasteiger partial charge on any atom is -0.390 e. The molecular weight excluding hydrogens is 288 g/mol. The summed E-state index contributed by atoms with van der Waals surface area (Å²) < 4.78 is 6.45. The van der Waals surface area contributed by atoms with E-state index in [1.54, 1.807) is 6.20 Å². The normalized spacial score (nSPS) is 32.1. The molecule has 0 aromatic carbocycles. The van der Waals surface area contributed by atoms with Crippen LogP contribution in [0.25, 0.3) is 0 Å². The van der Waals surface area contributed by atoms with Gasteiger partial charge < -0.3 is 14.9 Å². The lowest BCUT2D eigenvalue weighted by molar-refractivity contribution is -0.153. The van der Waals surface area contributed by atoms with Crippen molar-refractivity contribution in [3.63, 3.8) is 0 Å². The molecule has 3 unspecified atom stereocenters. The van der Waals surface area contributed by atoms with E-state index in [1.807, 2.05) is 13.8 Å². The van der Waals surface area contributed by atoms with Crippen LogP contribution in [0.4, 0.5) is 0 Å². The van der Waals surface area contributed by atoms with Gasteiger partial charge in [0, 0.05) is 24.4 Å². The highest BCUT2D eigenvalue weighted by molar-refractivity contribution is 5.08. The molecule has 2 rings (SSSR count). The highest BCUT2D eigenvalue weighted by atomic mass is 16.5. The number of H-pyrrole nitrogens is 1. The van der Waals surface area contributed by atoms with Gasteiger partial charge in [0.25, 0.3) is 5.56 Å². The molecule has 0 spiro atoms. The number of methoxy groups -OCH3 is 1. The van der Waals surface area contributed by atoms with Crippen molar-refractivity contribution in [1.29, 1.82) is 0 Å². The average Bonchev–Trinajstić information content (AvgIpc) is 2.44. The van der Waals surface area contributed by atoms with Crippen molar-refractivity contribution >= 4 is 0 Å². The number of aromatic nitrogens is 2. The Kier molecular flexibility index (Phi) is 4.60. The molecule has 3 N–H and O–H groups in total. The number of aliphatic hydroxyl groups is 2. The zero-order chi connectivity index (χ0) is 16.5. The van der Waals surface area contributed by atoms with Crippen LogP contribution in [-0.2, 0) is 16.7 Å². The molecule has 0 aliphatic heterocycles. The van der Waals surface area contributed by atoms with Crippen LogP contribution >= 0.6 is 0 Å². The number of nitrogens with zero attached hydrogens (tertiary/aromatic N) is 1. The number of aliphatic hydroxyl groups excluding tert-OH is 1. The fraction of sp³-hybridized carbons (Fsp3) is 0.733. The monoisotopic (exact) mass is 312 g/mol. The molecule has 1 aromatic heterocycles. The molecule has 1 fully saturated rings. The number of ether oxygens (including phenoxy) is 1. The van der Waals surface area contributed by atoms with Gasteiger partial charge in [0.15, 0.2) is 0 Å². The zero-order valence-electron chi connectivity index (χ0n) is 13.3. The largest absolute Gasteiger partial charge is 0.390 e. The average molecular weight is 312 g/mol. The van der Waals surface area contributed by atoms with Crippen molar-refractivity contribution < 1.29 is 14.9 Å². The minimum atomic E-state index is -1.30. The van der Waals surface area contributed by atoms with Crippen molar-refractivity contribution in [2.24, 2.45) is 0 Å². The second-order valence-electron chi connectivity index (χ2n) is 6.39. The Morgan fingerprint density at radius 1 is 1.45 bits per heavy atom. The number of hydrogen-bond donors (Lipinski definition) is 3. The fourth-order valence-corrected chi connectivity index (χ4v) is 3.16. The van der Waals surface area contributed by atoms with Crippen molar-refractivity contribution in [3.05, 3.63) is 32.6 Å². The lowest BCUT2D eigenvalue weighted by Crippen LogP contribution is -2.57. The van der Waals surface area contributed by atoms with Gasteiger partial charge in [0.05, 0.1) is 12.7 Å². The van der Waals surface area contributed by atoms with E-state index in [2.05, 4.69) is 4.98 Å². The highest BCUT2D eigenvalue weighted by Crippen LogP contribution is 2.39. The van der Waals surface area contributed by atoms with Crippen LogP contribution in [0.15, 0.2) is 15.8 Å². The van der Waals surface area contributed by atoms with Crippen LogP contribution in [0.5, 0.6) is 0 Å². The Labute approximate surface area is 128 Å². The van der Waals surface area contributed by atoms with Gasteiger partial charge in [-0.1, -0.05) is 6.92 Å². The Morgan fingerprint density at radius 3 is 2.68 bits per heavy atom. The summed E-state index contributed by atoms with van der Waals surface area (Å²) in [4.78, 5) is 26.2. The van der Waals surface area contributed by atoms with Crippen molar-refractivity contribution in [2.75, 3.05) is 13.7 Å². The molecule has 0 bridgehead atoms. The smallest absolute Gasteiger partial charge is 0.328 e. The van der Waals surface area contributed by atoms with E-state index in [-0.39, 0.29) is 18.6 Å². The van der Waals surface area contributed by atoms with E-state index < -0.39 is 22.9 Å². The predicted octanol–water partition coefficient (Wildman–Crippen LogP) is -0.263. The molecule has 1 aliphatic carbocycles. The summed E-state index contributed by atoms with van der Waals surface area (Å²) in [6.45, 7) is 3.74. The first-order valence-electron chi connectivity index (χ1n) is 7.50. The SMILES string of the molecule is CCc1cn(C2(C)CCC(O)(COC)C(O)C2)c(=O)[nH]c1=O. The predicted molar refractivity (Wildman–Crippen MR) is 81.0 cm³/mol. The topological polar surface area (TPSA) is 105 Å². The zero-order valence-corrected chi connectivity index (χ0v) is 13.3. The van der Waals surface area contributed by atoms with E-state index in [9.17, 15) is 19.8 Å². The molecule has 1 aromatic rings. The van der Waals surface area contributed by atoms with Gasteiger partial charge in [-0.15, -0.1) is 0 Å². The molecule has 1 saturated carbocycles. The number of aromatic amines is 1. The summed E-state index contributed by atoms with van der Waals surface area (Å²) in [6, 6.07) is 0. The van der Waals surface area contributed by atoms with Crippen LogP contribution < -0.4 is 11.2 Å². The molecule has 1 aliphatic rings. The second kappa shape index (κ2) is 5.98. The summed E-state index contributed by atoms with van der Waals surface area (Å²) in [5.41, 5.74) is -2.31. The molecule has 0 saturated heterocycles. The van der Waals surface area contributed by atoms with E-state index in [4.69, 9.17) is 4.74 Å². The first-order chi connectivity index (χ1) is 10.3. The molecule has 3 atom stereocenters. The van der Waals surface area contributed by atoms with Gasteiger partial charge >= 0.3 is 5.69 Å². The van der Waals surface area contributed by atoms with Gasteiger partial charge in [0.2, 0.25) is 0 Å². The van der Waals surface area contributed by atoms with Crippen molar-refractivity contribution in [3.8, 4) is 0 Å². The Morgan fingerprint density at radius 2 is 2.14 bits per heavy atom. The molecule has 7 nitrogen and oxygen atoms in total. The molecule has 1 heterocycles. The number of aryl methyl sites for hydroxylation is 1. The van der Waals surface area contributed by atoms with Gasteiger partial charge in [-0.3, -0.25) is 14.3 Å². The van der Waals surface area contributed by atoms with Crippen molar-refractivity contribution in [1.82, 2.24) is 9.55 Å². The number of nitrogens with one attached hydrogen (secondary N) is 1. The molecule has 0 amide bonds. The first kappa shape index (κ1) is 16.9. The maximum Gasteiger partial charge on any atom is 0.328 e. The van der Waals surface area contributed by atoms with E-state index in [0.29, 0.717) is 24.8 Å². The maximum atomic E-state index is 12.1. The number of hydrogen-bond acceptors (Lipinski definition) is 5. The second-order valence-corrected chi connectivity index (χ2v) is 6.39. The summed E-state index contributed by atoms with van der Waals surface area (Å²) >= 11 is 0. The third-order valence-corrected chi connectivity index (χ3v) is 4.72. The molecule has 0 radical (unpaired) electrons. The van der Waals surface area contributed by atoms with E-state index >= 15 is 0 Å². The molecular formula is C15H24N2O5. The lowest BCUT2D eigenvalue weighted by Gasteiger charge is -2.45. The summed E-state index contributed by atoms with van der Waals surface area (Å²) in [6.07, 6.45) is 2.10. The summed E-state index contributed by atoms with van der Waals surface area (Å²) in [5, 5.41) is 20.7. The third-order valence-electron chi connectivity index (χ3n) is 4.72. The van der Waals surface area contributed by atoms with Crippen LogP contribution in [0.3, 0.4) is 0 Å². The lowest BCUT2D eigenvalue weighted by atomic mass is 9.73. The van der Waals surface area contributed by atoms with Crippen LogP contribution in [0.1, 0.15) is 38.7 Å². The van der Waals surface area contributed by atoms with E-state index in [0.717, 1.165) is 0 Å². The standard InChI is InChI=1S/C15H24N2O5/c1-4-10-8-17(13(20)16-12(10)19)14(2)5-6-15(21,9-22-3)11(18)7-14/h8,11,18,21H,4-7,9H2,1-3H3,(H,16,19,20). The van der Waals surface area contributed by atoms with Gasteiger partial charge in [0.1, 0.15) is 5.60 Å². The molecule has 124 valence electrons. The third kappa shape index (κ3) is 2.88. The molecule has 22 heavy (non-hydrogen) atoms. The first-order valence-corrected chi connectivity index (χ1v) is 7.50.